The molecule has 0 heterocycles. The van der Waals surface area contributed by atoms with E-state index >= 15 is 0 Å². The van der Waals surface area contributed by atoms with E-state index in [0.29, 0.717) is 24.4 Å². The smallest absolute Gasteiger partial charge is 0.325 e. The number of nitrogens with zero attached hydrogens (tertiary/aromatic N) is 3. The summed E-state index contributed by atoms with van der Waals surface area (Å²) in [6.07, 6.45) is 2.62. The number of anilines is 2. The third-order valence-corrected chi connectivity index (χ3v) is 6.56. The highest BCUT2D eigenvalue weighted by Crippen LogP contribution is 2.32. The molecule has 0 radical (unpaired) electrons. The van der Waals surface area contributed by atoms with Gasteiger partial charge in [-0.15, -0.1) is 0 Å². The molecular formula is C32H36N4O3. The maximum Gasteiger partial charge on any atom is 0.325 e. The van der Waals surface area contributed by atoms with Gasteiger partial charge in [-0.05, 0) is 99.0 Å². The Morgan fingerprint density at radius 3 is 2.33 bits per heavy atom. The molecule has 3 aromatic carbocycles. The third-order valence-electron chi connectivity index (χ3n) is 6.56. The largest absolute Gasteiger partial charge is 0.465 e. The number of likely N-dealkylation sites (N-methyl/N-ethyl adjacent to an activating group) is 1. The topological polar surface area (TPSA) is 85.7 Å². The van der Waals surface area contributed by atoms with Crippen LogP contribution in [0.4, 0.5) is 11.4 Å². The zero-order valence-electron chi connectivity index (χ0n) is 23.3. The molecule has 0 aliphatic heterocycles. The maximum atomic E-state index is 12.2. The Bertz CT molecular complexity index is 1340. The van der Waals surface area contributed by atoms with Gasteiger partial charge in [0.15, 0.2) is 0 Å². The number of nitriles is 1. The fourth-order valence-electron chi connectivity index (χ4n) is 4.48. The molecule has 0 fully saturated rings. The molecule has 0 aliphatic carbocycles. The minimum Gasteiger partial charge on any atom is -0.465 e. The van der Waals surface area contributed by atoms with Gasteiger partial charge in [-0.25, -0.2) is 0 Å². The van der Waals surface area contributed by atoms with Gasteiger partial charge in [0.05, 0.1) is 18.2 Å². The van der Waals surface area contributed by atoms with Gasteiger partial charge in [-0.3, -0.25) is 14.5 Å². The summed E-state index contributed by atoms with van der Waals surface area (Å²) in [5.74, 6) is -0.283. The van der Waals surface area contributed by atoms with E-state index in [4.69, 9.17) is 10.00 Å². The first-order chi connectivity index (χ1) is 18.8. The Hall–Kier alpha value is -4.41. The average molecular weight is 525 g/mol. The second kappa shape index (κ2) is 13.9. The number of esters is 1. The highest BCUT2D eigenvalue weighted by atomic mass is 16.5. The second-order valence-corrected chi connectivity index (χ2v) is 9.40. The number of hydrogen-bond donors (Lipinski definition) is 1. The van der Waals surface area contributed by atoms with Crippen LogP contribution in [0.2, 0.25) is 0 Å². The summed E-state index contributed by atoms with van der Waals surface area (Å²) < 4.78 is 5.16. The van der Waals surface area contributed by atoms with Gasteiger partial charge in [0.1, 0.15) is 6.54 Å². The van der Waals surface area contributed by atoms with Crippen molar-refractivity contribution in [1.29, 1.82) is 5.26 Å². The zero-order chi connectivity index (χ0) is 28.4. The third kappa shape index (κ3) is 7.56. The first kappa shape index (κ1) is 29.2. The Balaban J connectivity index is 1.91. The minimum atomic E-state index is -0.283. The van der Waals surface area contributed by atoms with Crippen LogP contribution < -0.4 is 15.1 Å². The molecule has 1 amide bonds. The molecule has 1 N–H and O–H groups in total. The van der Waals surface area contributed by atoms with E-state index in [1.807, 2.05) is 106 Å². The van der Waals surface area contributed by atoms with Crippen LogP contribution in [0.3, 0.4) is 0 Å². The summed E-state index contributed by atoms with van der Waals surface area (Å²) in [4.78, 5) is 27.9. The molecule has 1 atom stereocenters. The van der Waals surface area contributed by atoms with Gasteiger partial charge in [0, 0.05) is 30.2 Å². The Labute approximate surface area is 231 Å². The van der Waals surface area contributed by atoms with E-state index in [1.165, 1.54) is 0 Å². The summed E-state index contributed by atoms with van der Waals surface area (Å²) in [5.41, 5.74) is 7.25. The Kier molecular flexibility index (Phi) is 10.4. The SMILES string of the molecule is CCOC(=O)CN(CC(C)NC)c1ccc(N(C=O)/C=C(/C)c2c(C)cccc2-c2ccc(C#N)cc2)cc1. The number of benzene rings is 3. The van der Waals surface area contributed by atoms with E-state index < -0.39 is 0 Å². The highest BCUT2D eigenvalue weighted by molar-refractivity contribution is 5.87. The van der Waals surface area contributed by atoms with Crippen molar-refractivity contribution >= 4 is 29.3 Å². The maximum absolute atomic E-state index is 12.2. The fourth-order valence-corrected chi connectivity index (χ4v) is 4.48. The molecule has 7 nitrogen and oxygen atoms in total. The molecule has 0 aliphatic rings. The second-order valence-electron chi connectivity index (χ2n) is 9.40. The predicted molar refractivity (Wildman–Crippen MR) is 157 cm³/mol. The molecule has 0 bridgehead atoms. The number of amides is 1. The monoisotopic (exact) mass is 524 g/mol. The lowest BCUT2D eigenvalue weighted by Crippen LogP contribution is -2.40. The van der Waals surface area contributed by atoms with Gasteiger partial charge >= 0.3 is 5.97 Å². The first-order valence-electron chi connectivity index (χ1n) is 13.0. The zero-order valence-corrected chi connectivity index (χ0v) is 23.3. The summed E-state index contributed by atoms with van der Waals surface area (Å²) in [6.45, 7) is 8.97. The molecular weight excluding hydrogens is 488 g/mol. The lowest BCUT2D eigenvalue weighted by molar-refractivity contribution is -0.141. The summed E-state index contributed by atoms with van der Waals surface area (Å²) in [6, 6.07) is 23.5. The van der Waals surface area contributed by atoms with Crippen molar-refractivity contribution in [3.63, 3.8) is 0 Å². The number of rotatable bonds is 12. The van der Waals surface area contributed by atoms with Crippen LogP contribution in [-0.2, 0) is 14.3 Å². The number of hydrogen-bond acceptors (Lipinski definition) is 6. The molecule has 202 valence electrons. The first-order valence-corrected chi connectivity index (χ1v) is 13.0. The van der Waals surface area contributed by atoms with Crippen LogP contribution in [0.1, 0.15) is 37.5 Å². The van der Waals surface area contributed by atoms with Crippen molar-refractivity contribution in [2.75, 3.05) is 36.5 Å². The van der Waals surface area contributed by atoms with E-state index in [0.717, 1.165) is 39.9 Å². The summed E-state index contributed by atoms with van der Waals surface area (Å²) in [7, 11) is 1.88. The van der Waals surface area contributed by atoms with E-state index in [2.05, 4.69) is 11.4 Å². The van der Waals surface area contributed by atoms with Crippen molar-refractivity contribution in [3.05, 3.63) is 89.6 Å². The van der Waals surface area contributed by atoms with Crippen LogP contribution in [-0.4, -0.2) is 45.2 Å². The van der Waals surface area contributed by atoms with Crippen LogP contribution in [0.15, 0.2) is 72.9 Å². The van der Waals surface area contributed by atoms with Gasteiger partial charge in [0.2, 0.25) is 6.41 Å². The number of aryl methyl sites for hydroxylation is 1. The number of allylic oxidation sites excluding steroid dienone is 1. The minimum absolute atomic E-state index is 0.140. The Morgan fingerprint density at radius 2 is 1.74 bits per heavy atom. The molecule has 3 rings (SSSR count). The number of nitrogens with one attached hydrogen (secondary N) is 1. The lowest BCUT2D eigenvalue weighted by atomic mass is 9.91. The van der Waals surface area contributed by atoms with E-state index in [9.17, 15) is 9.59 Å². The lowest BCUT2D eigenvalue weighted by Gasteiger charge is -2.27. The predicted octanol–water partition coefficient (Wildman–Crippen LogP) is 5.53. The van der Waals surface area contributed by atoms with Crippen molar-refractivity contribution in [3.8, 4) is 17.2 Å². The molecule has 39 heavy (non-hydrogen) atoms. The molecule has 0 saturated carbocycles. The molecule has 7 heteroatoms. The molecule has 0 aromatic heterocycles. The van der Waals surface area contributed by atoms with Gasteiger partial charge < -0.3 is 15.0 Å². The van der Waals surface area contributed by atoms with Crippen molar-refractivity contribution in [2.24, 2.45) is 0 Å². The summed E-state index contributed by atoms with van der Waals surface area (Å²) in [5, 5.41) is 12.4. The number of carbonyl (C=O) groups excluding carboxylic acids is 2. The van der Waals surface area contributed by atoms with Crippen LogP contribution in [0, 0.1) is 18.3 Å². The highest BCUT2D eigenvalue weighted by Gasteiger charge is 2.16. The van der Waals surface area contributed by atoms with Gasteiger partial charge in [-0.1, -0.05) is 30.3 Å². The molecule has 0 saturated heterocycles. The summed E-state index contributed by atoms with van der Waals surface area (Å²) >= 11 is 0. The van der Waals surface area contributed by atoms with Crippen molar-refractivity contribution < 1.29 is 14.3 Å². The standard InChI is InChI=1S/C32H36N4O3/c1-6-39-31(38)21-35(20-25(4)34-5)28-14-16-29(17-15-28)36(22-37)19-24(3)32-23(2)8-7-9-30(32)27-12-10-26(18-33)11-13-27/h7-17,19,22,25,34H,6,20-21H2,1-5H3/b24-19-. The molecule has 0 spiro atoms. The van der Waals surface area contributed by atoms with Crippen molar-refractivity contribution in [2.45, 2.75) is 33.7 Å². The Morgan fingerprint density at radius 1 is 1.08 bits per heavy atom. The van der Waals surface area contributed by atoms with E-state index in [-0.39, 0.29) is 18.6 Å². The van der Waals surface area contributed by atoms with Crippen molar-refractivity contribution in [1.82, 2.24) is 5.32 Å². The van der Waals surface area contributed by atoms with Crippen LogP contribution >= 0.6 is 0 Å². The van der Waals surface area contributed by atoms with Crippen LogP contribution in [0.5, 0.6) is 0 Å². The quantitative estimate of drug-likeness (QED) is 0.248. The van der Waals surface area contributed by atoms with Gasteiger partial charge in [0.25, 0.3) is 0 Å². The van der Waals surface area contributed by atoms with Gasteiger partial charge in [-0.2, -0.15) is 5.26 Å². The molecule has 3 aromatic rings. The normalized spacial score (nSPS) is 11.8. The average Bonchev–Trinajstić information content (AvgIpc) is 2.95. The van der Waals surface area contributed by atoms with Crippen LogP contribution in [0.25, 0.3) is 16.7 Å². The molecule has 1 unspecified atom stereocenters. The fraction of sp³-hybridized carbons (Fsp3) is 0.281. The number of ether oxygens (including phenoxy) is 1. The van der Waals surface area contributed by atoms with E-state index in [1.54, 1.807) is 11.8 Å². The number of carbonyl (C=O) groups is 2.